The molecule has 1 fully saturated rings. The molecule has 1 aliphatic rings. The number of sulfone groups is 1. The lowest BCUT2D eigenvalue weighted by Crippen LogP contribution is -2.46. The number of sulfonamides is 1. The summed E-state index contributed by atoms with van der Waals surface area (Å²) >= 11 is 0. The predicted molar refractivity (Wildman–Crippen MR) is 69.8 cm³/mol. The normalized spacial score (nSPS) is 21.8. The smallest absolute Gasteiger partial charge is 0.323 e. The van der Waals surface area contributed by atoms with Gasteiger partial charge in [-0.15, -0.1) is 0 Å². The molecule has 0 aromatic carbocycles. The van der Waals surface area contributed by atoms with Crippen LogP contribution in [0.25, 0.3) is 0 Å². The highest BCUT2D eigenvalue weighted by molar-refractivity contribution is 7.92. The van der Waals surface area contributed by atoms with E-state index in [9.17, 15) is 21.6 Å². The summed E-state index contributed by atoms with van der Waals surface area (Å²) in [6.45, 7) is 3.20. The van der Waals surface area contributed by atoms with E-state index in [0.29, 0.717) is 0 Å². The molecule has 0 aliphatic carbocycles. The monoisotopic (exact) mass is 313 g/mol. The highest BCUT2D eigenvalue weighted by Gasteiger charge is 2.34. The largest absolute Gasteiger partial charge is 0.465 e. The molecule has 0 radical (unpaired) electrons. The second kappa shape index (κ2) is 6.19. The lowest BCUT2D eigenvalue weighted by Gasteiger charge is -2.23. The summed E-state index contributed by atoms with van der Waals surface area (Å²) in [5, 5.41) is -0.770. The van der Waals surface area contributed by atoms with E-state index in [0.717, 1.165) is 0 Å². The molecule has 1 rings (SSSR count). The number of hydrogen-bond donors (Lipinski definition) is 1. The number of ether oxygens (including phenoxy) is 1. The van der Waals surface area contributed by atoms with Gasteiger partial charge < -0.3 is 4.74 Å². The topological polar surface area (TPSA) is 107 Å². The van der Waals surface area contributed by atoms with Gasteiger partial charge in [0.15, 0.2) is 0 Å². The quantitative estimate of drug-likeness (QED) is 0.682. The highest BCUT2D eigenvalue weighted by atomic mass is 32.2. The summed E-state index contributed by atoms with van der Waals surface area (Å²) in [6, 6.07) is -0.969. The van der Waals surface area contributed by atoms with Crippen molar-refractivity contribution < 1.29 is 26.4 Å². The average molecular weight is 313 g/mol. The van der Waals surface area contributed by atoms with Gasteiger partial charge in [0.05, 0.1) is 23.4 Å². The first-order valence-electron chi connectivity index (χ1n) is 6.06. The van der Waals surface area contributed by atoms with Crippen LogP contribution in [0.1, 0.15) is 26.7 Å². The number of carbonyl (C=O) groups is 1. The molecule has 1 aliphatic heterocycles. The predicted octanol–water partition coefficient (Wildman–Crippen LogP) is -0.565. The molecule has 1 N–H and O–H groups in total. The summed E-state index contributed by atoms with van der Waals surface area (Å²) in [5.74, 6) is -0.909. The Kier molecular flexibility index (Phi) is 5.34. The van der Waals surface area contributed by atoms with Crippen LogP contribution in [-0.2, 0) is 29.4 Å². The maximum atomic E-state index is 12.0. The lowest BCUT2D eigenvalue weighted by atomic mass is 10.2. The molecule has 0 aromatic rings. The van der Waals surface area contributed by atoms with Crippen molar-refractivity contribution in [1.82, 2.24) is 4.72 Å². The minimum absolute atomic E-state index is 0.0627. The van der Waals surface area contributed by atoms with Crippen LogP contribution in [0.4, 0.5) is 0 Å². The van der Waals surface area contributed by atoms with Crippen LogP contribution in [0.3, 0.4) is 0 Å². The Labute approximate surface area is 113 Å². The molecule has 0 bridgehead atoms. The Bertz CT molecular complexity index is 510. The third kappa shape index (κ3) is 4.73. The number of rotatable bonds is 5. The molecule has 1 heterocycles. The molecular weight excluding hydrogens is 294 g/mol. The first-order valence-corrected chi connectivity index (χ1v) is 9.43. The molecule has 1 saturated heterocycles. The fraction of sp³-hybridized carbons (Fsp3) is 0.900. The highest BCUT2D eigenvalue weighted by Crippen LogP contribution is 2.19. The molecule has 0 saturated carbocycles. The Balaban J connectivity index is 2.64. The van der Waals surface area contributed by atoms with Crippen molar-refractivity contribution in [3.63, 3.8) is 0 Å². The van der Waals surface area contributed by atoms with Gasteiger partial charge in [-0.25, -0.2) is 21.6 Å². The van der Waals surface area contributed by atoms with Crippen molar-refractivity contribution in [2.75, 3.05) is 18.1 Å². The van der Waals surface area contributed by atoms with Crippen LogP contribution in [-0.4, -0.2) is 52.2 Å². The fourth-order valence-corrected chi connectivity index (χ4v) is 5.26. The van der Waals surface area contributed by atoms with Crippen molar-refractivity contribution >= 4 is 25.8 Å². The van der Waals surface area contributed by atoms with Crippen LogP contribution in [0.2, 0.25) is 0 Å². The Hall–Kier alpha value is -0.670. The van der Waals surface area contributed by atoms with Crippen LogP contribution in [0.5, 0.6) is 0 Å². The molecular formula is C10H19NO6S2. The molecule has 0 amide bonds. The minimum atomic E-state index is -3.71. The third-order valence-electron chi connectivity index (χ3n) is 2.92. The summed E-state index contributed by atoms with van der Waals surface area (Å²) in [6.07, 6.45) is 0.125. The van der Waals surface area contributed by atoms with E-state index in [-0.39, 0.29) is 31.0 Å². The molecule has 9 heteroatoms. The maximum absolute atomic E-state index is 12.0. The van der Waals surface area contributed by atoms with Gasteiger partial charge in [-0.05, 0) is 26.7 Å². The summed E-state index contributed by atoms with van der Waals surface area (Å²) in [7, 11) is -6.82. The molecule has 0 aromatic heterocycles. The SMILES string of the molecule is CCOC(=O)C(C)NS(=O)(=O)C1CCS(=O)(=O)CC1. The Morgan fingerprint density at radius 2 is 1.89 bits per heavy atom. The zero-order chi connectivity index (χ0) is 14.7. The maximum Gasteiger partial charge on any atom is 0.323 e. The van der Waals surface area contributed by atoms with Gasteiger partial charge in [0, 0.05) is 0 Å². The van der Waals surface area contributed by atoms with Crippen molar-refractivity contribution in [3.8, 4) is 0 Å². The van der Waals surface area contributed by atoms with Crippen molar-refractivity contribution in [3.05, 3.63) is 0 Å². The summed E-state index contributed by atoms with van der Waals surface area (Å²) < 4.78 is 53.5. The van der Waals surface area contributed by atoms with Gasteiger partial charge in [-0.3, -0.25) is 4.79 Å². The second-order valence-electron chi connectivity index (χ2n) is 4.49. The van der Waals surface area contributed by atoms with Crippen molar-refractivity contribution in [1.29, 1.82) is 0 Å². The van der Waals surface area contributed by atoms with E-state index in [1.165, 1.54) is 6.92 Å². The second-order valence-corrected chi connectivity index (χ2v) is 8.78. The zero-order valence-electron chi connectivity index (χ0n) is 11.0. The summed E-state index contributed by atoms with van der Waals surface area (Å²) in [5.41, 5.74) is 0. The van der Waals surface area contributed by atoms with Crippen molar-refractivity contribution in [2.24, 2.45) is 0 Å². The minimum Gasteiger partial charge on any atom is -0.465 e. The average Bonchev–Trinajstić information content (AvgIpc) is 2.28. The van der Waals surface area contributed by atoms with Gasteiger partial charge in [0.25, 0.3) is 0 Å². The van der Waals surface area contributed by atoms with Crippen LogP contribution in [0, 0.1) is 0 Å². The van der Waals surface area contributed by atoms with E-state index in [2.05, 4.69) is 4.72 Å². The van der Waals surface area contributed by atoms with Crippen LogP contribution >= 0.6 is 0 Å². The lowest BCUT2D eigenvalue weighted by molar-refractivity contribution is -0.144. The van der Waals surface area contributed by atoms with Gasteiger partial charge in [-0.2, -0.15) is 0 Å². The van der Waals surface area contributed by atoms with Gasteiger partial charge >= 0.3 is 5.97 Å². The van der Waals surface area contributed by atoms with E-state index >= 15 is 0 Å². The summed E-state index contributed by atoms with van der Waals surface area (Å²) in [4.78, 5) is 11.4. The van der Waals surface area contributed by atoms with E-state index in [1.54, 1.807) is 6.92 Å². The fourth-order valence-electron chi connectivity index (χ4n) is 1.84. The Morgan fingerprint density at radius 3 is 2.37 bits per heavy atom. The van der Waals surface area contributed by atoms with Crippen LogP contribution in [0.15, 0.2) is 0 Å². The molecule has 0 spiro atoms. The molecule has 7 nitrogen and oxygen atoms in total. The molecule has 1 atom stereocenters. The van der Waals surface area contributed by atoms with E-state index in [1.807, 2.05) is 0 Å². The third-order valence-corrected chi connectivity index (χ3v) is 6.67. The first-order chi connectivity index (χ1) is 8.68. The Morgan fingerprint density at radius 1 is 1.37 bits per heavy atom. The van der Waals surface area contributed by atoms with Gasteiger partial charge in [-0.1, -0.05) is 0 Å². The van der Waals surface area contributed by atoms with Gasteiger partial charge in [0.2, 0.25) is 10.0 Å². The number of carbonyl (C=O) groups excluding carboxylic acids is 1. The standard InChI is InChI=1S/C10H19NO6S2/c1-3-17-10(12)8(2)11-19(15,16)9-4-6-18(13,14)7-5-9/h8-9,11H,3-7H2,1-2H3. The van der Waals surface area contributed by atoms with Gasteiger partial charge in [0.1, 0.15) is 15.9 Å². The number of hydrogen-bond acceptors (Lipinski definition) is 6. The van der Waals surface area contributed by atoms with E-state index < -0.39 is 37.1 Å². The zero-order valence-corrected chi connectivity index (χ0v) is 12.6. The molecule has 112 valence electrons. The molecule has 19 heavy (non-hydrogen) atoms. The first kappa shape index (κ1) is 16.4. The molecule has 1 unspecified atom stereocenters. The van der Waals surface area contributed by atoms with E-state index in [4.69, 9.17) is 4.74 Å². The van der Waals surface area contributed by atoms with Crippen molar-refractivity contribution in [2.45, 2.75) is 38.0 Å². The number of nitrogens with one attached hydrogen (secondary N) is 1. The van der Waals surface area contributed by atoms with Crippen LogP contribution < -0.4 is 4.72 Å². The number of esters is 1.